The summed E-state index contributed by atoms with van der Waals surface area (Å²) in [6, 6.07) is 0. The predicted octanol–water partition coefficient (Wildman–Crippen LogP) is 2.22. The number of carbonyl (C=O) groups is 2. The van der Waals surface area contributed by atoms with Gasteiger partial charge in [0.05, 0.1) is 17.3 Å². The lowest BCUT2D eigenvalue weighted by Crippen LogP contribution is -2.61. The van der Waals surface area contributed by atoms with Gasteiger partial charge in [0.1, 0.15) is 0 Å². The average molecular weight is 318 g/mol. The molecular formula is C16H30O6. The third-order valence-corrected chi connectivity index (χ3v) is 4.13. The van der Waals surface area contributed by atoms with Crippen molar-refractivity contribution in [2.24, 2.45) is 17.3 Å². The zero-order valence-corrected chi connectivity index (χ0v) is 14.9. The number of rotatable bonds is 7. The third-order valence-electron chi connectivity index (χ3n) is 4.13. The molecule has 0 bridgehead atoms. The van der Waals surface area contributed by atoms with E-state index in [1.165, 1.54) is 20.8 Å². The SMILES string of the molecule is CCC(O)(OC(=O)C(C)C)C(C)(C)C(C)(O)OC(=O)C(C)C. The predicted molar refractivity (Wildman–Crippen MR) is 81.5 cm³/mol. The van der Waals surface area contributed by atoms with Crippen LogP contribution < -0.4 is 0 Å². The van der Waals surface area contributed by atoms with Crippen LogP contribution in [0.5, 0.6) is 0 Å². The summed E-state index contributed by atoms with van der Waals surface area (Å²) < 4.78 is 10.3. The molecule has 0 spiro atoms. The van der Waals surface area contributed by atoms with E-state index in [4.69, 9.17) is 9.47 Å². The Kier molecular flexibility index (Phi) is 6.60. The molecule has 0 rings (SSSR count). The van der Waals surface area contributed by atoms with E-state index in [0.717, 1.165) is 0 Å². The van der Waals surface area contributed by atoms with Crippen LogP contribution >= 0.6 is 0 Å². The highest BCUT2D eigenvalue weighted by molar-refractivity contribution is 5.72. The van der Waals surface area contributed by atoms with Gasteiger partial charge in [-0.3, -0.25) is 9.59 Å². The zero-order chi connectivity index (χ0) is 17.9. The smallest absolute Gasteiger partial charge is 0.310 e. The number of aliphatic hydroxyl groups is 2. The van der Waals surface area contributed by atoms with E-state index in [2.05, 4.69) is 0 Å². The minimum Gasteiger partial charge on any atom is -0.432 e. The number of ether oxygens (including phenoxy) is 2. The molecule has 0 aliphatic heterocycles. The van der Waals surface area contributed by atoms with Gasteiger partial charge in [0.25, 0.3) is 0 Å². The van der Waals surface area contributed by atoms with Crippen LogP contribution in [0.2, 0.25) is 0 Å². The minimum atomic E-state index is -2.02. The molecule has 0 fully saturated rings. The number of esters is 2. The molecule has 0 saturated carbocycles. The molecule has 0 radical (unpaired) electrons. The maximum absolute atomic E-state index is 11.8. The Morgan fingerprint density at radius 1 is 0.909 bits per heavy atom. The lowest BCUT2D eigenvalue weighted by molar-refractivity contribution is -0.342. The molecule has 22 heavy (non-hydrogen) atoms. The summed E-state index contributed by atoms with van der Waals surface area (Å²) in [6.45, 7) is 12.4. The van der Waals surface area contributed by atoms with Gasteiger partial charge in [-0.2, -0.15) is 0 Å². The summed E-state index contributed by atoms with van der Waals surface area (Å²) in [7, 11) is 0. The second-order valence-electron chi connectivity index (χ2n) is 6.90. The van der Waals surface area contributed by atoms with Gasteiger partial charge in [-0.15, -0.1) is 0 Å². The fourth-order valence-electron chi connectivity index (χ4n) is 1.73. The Labute approximate surface area is 132 Å². The van der Waals surface area contributed by atoms with E-state index < -0.39 is 40.8 Å². The second-order valence-corrected chi connectivity index (χ2v) is 6.90. The highest BCUT2D eigenvalue weighted by Crippen LogP contribution is 2.45. The maximum atomic E-state index is 11.8. The standard InChI is InChI=1S/C16H30O6/c1-9-16(20,22-13(18)11(4)5)14(6,7)15(8,19)21-12(17)10(2)3/h10-11,19-20H,9H2,1-8H3. The molecule has 0 aromatic rings. The topological polar surface area (TPSA) is 93.1 Å². The Morgan fingerprint density at radius 3 is 1.59 bits per heavy atom. The second kappa shape index (κ2) is 6.96. The van der Waals surface area contributed by atoms with Crippen LogP contribution in [0, 0.1) is 17.3 Å². The maximum Gasteiger partial charge on any atom is 0.310 e. The van der Waals surface area contributed by atoms with Crippen LogP contribution in [0.3, 0.4) is 0 Å². The van der Waals surface area contributed by atoms with Gasteiger partial charge >= 0.3 is 11.9 Å². The summed E-state index contributed by atoms with van der Waals surface area (Å²) in [4.78, 5) is 23.6. The van der Waals surface area contributed by atoms with Crippen molar-refractivity contribution in [1.82, 2.24) is 0 Å². The van der Waals surface area contributed by atoms with Crippen molar-refractivity contribution in [2.45, 2.75) is 73.4 Å². The van der Waals surface area contributed by atoms with Gasteiger partial charge in [0.15, 0.2) is 0 Å². The molecule has 0 aliphatic carbocycles. The number of hydrogen-bond acceptors (Lipinski definition) is 6. The van der Waals surface area contributed by atoms with Gasteiger partial charge in [-0.05, 0) is 13.8 Å². The van der Waals surface area contributed by atoms with Crippen LogP contribution in [-0.2, 0) is 19.1 Å². The normalized spacial score (nSPS) is 17.8. The molecule has 2 atom stereocenters. The van der Waals surface area contributed by atoms with Crippen LogP contribution in [0.4, 0.5) is 0 Å². The first-order chi connectivity index (χ1) is 9.72. The lowest BCUT2D eigenvalue weighted by atomic mass is 9.74. The van der Waals surface area contributed by atoms with Crippen molar-refractivity contribution >= 4 is 11.9 Å². The first kappa shape index (κ1) is 20.9. The molecule has 0 aromatic carbocycles. The molecule has 0 aromatic heterocycles. The van der Waals surface area contributed by atoms with E-state index in [9.17, 15) is 19.8 Å². The van der Waals surface area contributed by atoms with E-state index in [0.29, 0.717) is 0 Å². The van der Waals surface area contributed by atoms with Crippen molar-refractivity contribution < 1.29 is 29.3 Å². The van der Waals surface area contributed by atoms with Gasteiger partial charge in [0.2, 0.25) is 11.6 Å². The summed E-state index contributed by atoms with van der Waals surface area (Å²) in [5, 5.41) is 21.3. The fraction of sp³-hybridized carbons (Fsp3) is 0.875. The molecule has 6 nitrogen and oxygen atoms in total. The van der Waals surface area contributed by atoms with Crippen LogP contribution in [0.25, 0.3) is 0 Å². The molecule has 0 aliphatic rings. The third kappa shape index (κ3) is 4.20. The first-order valence-electron chi connectivity index (χ1n) is 7.62. The van der Waals surface area contributed by atoms with E-state index in [-0.39, 0.29) is 6.42 Å². The molecule has 0 heterocycles. The summed E-state index contributed by atoms with van der Waals surface area (Å²) in [5.74, 6) is -6.06. The molecule has 6 heteroatoms. The molecule has 0 saturated heterocycles. The van der Waals surface area contributed by atoms with Crippen LogP contribution in [0.15, 0.2) is 0 Å². The molecular weight excluding hydrogens is 288 g/mol. The summed E-state index contributed by atoms with van der Waals surface area (Å²) in [6.07, 6.45) is 0.0356. The fourth-order valence-corrected chi connectivity index (χ4v) is 1.73. The monoisotopic (exact) mass is 318 g/mol. The lowest BCUT2D eigenvalue weighted by Gasteiger charge is -2.48. The summed E-state index contributed by atoms with van der Waals surface area (Å²) >= 11 is 0. The van der Waals surface area contributed by atoms with Crippen molar-refractivity contribution in [2.75, 3.05) is 0 Å². The minimum absolute atomic E-state index is 0.0356. The van der Waals surface area contributed by atoms with Crippen molar-refractivity contribution in [3.63, 3.8) is 0 Å². The molecule has 0 amide bonds. The Balaban J connectivity index is 5.52. The van der Waals surface area contributed by atoms with Crippen molar-refractivity contribution in [1.29, 1.82) is 0 Å². The van der Waals surface area contributed by atoms with Gasteiger partial charge in [-0.25, -0.2) is 0 Å². The average Bonchev–Trinajstić information content (AvgIpc) is 2.37. The summed E-state index contributed by atoms with van der Waals surface area (Å²) in [5.41, 5.74) is -1.44. The number of hydrogen-bond donors (Lipinski definition) is 2. The highest BCUT2D eigenvalue weighted by atomic mass is 16.7. The molecule has 130 valence electrons. The molecule has 2 unspecified atom stereocenters. The van der Waals surface area contributed by atoms with Gasteiger partial charge in [-0.1, -0.05) is 34.6 Å². The Morgan fingerprint density at radius 2 is 1.27 bits per heavy atom. The van der Waals surface area contributed by atoms with E-state index >= 15 is 0 Å². The van der Waals surface area contributed by atoms with Crippen molar-refractivity contribution in [3.8, 4) is 0 Å². The molecule has 2 N–H and O–H groups in total. The highest BCUT2D eigenvalue weighted by Gasteiger charge is 2.58. The van der Waals surface area contributed by atoms with Crippen LogP contribution in [-0.4, -0.2) is 33.7 Å². The zero-order valence-electron chi connectivity index (χ0n) is 14.9. The van der Waals surface area contributed by atoms with Crippen molar-refractivity contribution in [3.05, 3.63) is 0 Å². The first-order valence-corrected chi connectivity index (χ1v) is 7.62. The largest absolute Gasteiger partial charge is 0.432 e. The van der Waals surface area contributed by atoms with E-state index in [1.807, 2.05) is 0 Å². The van der Waals surface area contributed by atoms with Crippen LogP contribution in [0.1, 0.15) is 61.8 Å². The van der Waals surface area contributed by atoms with Gasteiger partial charge < -0.3 is 19.7 Å². The number of carbonyl (C=O) groups excluding carboxylic acids is 2. The van der Waals surface area contributed by atoms with E-state index in [1.54, 1.807) is 34.6 Å². The quantitative estimate of drug-likeness (QED) is 0.552. The Bertz CT molecular complexity index is 411. The Hall–Kier alpha value is -1.14. The van der Waals surface area contributed by atoms with Gasteiger partial charge in [0, 0.05) is 13.3 Å².